The number of anilines is 1. The van der Waals surface area contributed by atoms with E-state index >= 15 is 0 Å². The number of amides is 2. The number of benzene rings is 1. The zero-order valence-electron chi connectivity index (χ0n) is 13.9. The molecule has 24 heavy (non-hydrogen) atoms. The van der Waals surface area contributed by atoms with Crippen molar-refractivity contribution in [2.45, 2.75) is 44.6 Å². The minimum Gasteiger partial charge on any atom is -0.335 e. The average Bonchev–Trinajstić information content (AvgIpc) is 3.05. The number of hydrogen-bond acceptors (Lipinski definition) is 2. The molecule has 0 aromatic heterocycles. The first-order valence-electron chi connectivity index (χ1n) is 8.85. The maximum Gasteiger partial charge on any atom is 0.319 e. The molecule has 0 unspecified atom stereocenters. The van der Waals surface area contributed by atoms with Crippen LogP contribution < -0.4 is 10.6 Å². The van der Waals surface area contributed by atoms with Gasteiger partial charge in [-0.15, -0.1) is 0 Å². The van der Waals surface area contributed by atoms with Gasteiger partial charge in [0.25, 0.3) is 0 Å². The number of likely N-dealkylation sites (tertiary alicyclic amines) is 1. The van der Waals surface area contributed by atoms with Gasteiger partial charge in [0.05, 0.1) is 10.7 Å². The third kappa shape index (κ3) is 5.01. The Morgan fingerprint density at radius 1 is 1.12 bits per heavy atom. The molecule has 1 aliphatic heterocycles. The van der Waals surface area contributed by atoms with Gasteiger partial charge in [-0.2, -0.15) is 0 Å². The Kier molecular flexibility index (Phi) is 6.25. The Morgan fingerprint density at radius 3 is 2.50 bits per heavy atom. The molecule has 2 fully saturated rings. The topological polar surface area (TPSA) is 44.4 Å². The Bertz CT molecular complexity index is 567. The molecule has 132 valence electrons. The van der Waals surface area contributed by atoms with Crippen molar-refractivity contribution in [2.75, 3.05) is 25.0 Å². The number of piperidine rings is 1. The summed E-state index contributed by atoms with van der Waals surface area (Å²) in [5, 5.41) is 6.86. The van der Waals surface area contributed by atoms with Crippen LogP contribution in [0.15, 0.2) is 18.2 Å². The van der Waals surface area contributed by atoms with Crippen LogP contribution in [0.5, 0.6) is 0 Å². The molecule has 0 atom stereocenters. The molecule has 2 aliphatic rings. The van der Waals surface area contributed by atoms with Gasteiger partial charge in [-0.05, 0) is 49.8 Å². The lowest BCUT2D eigenvalue weighted by molar-refractivity contribution is 0.173. The van der Waals surface area contributed by atoms with Gasteiger partial charge in [0.2, 0.25) is 0 Å². The highest BCUT2D eigenvalue weighted by atomic mass is 35.5. The molecule has 0 spiro atoms. The summed E-state index contributed by atoms with van der Waals surface area (Å²) < 4.78 is 0. The van der Waals surface area contributed by atoms with Crippen LogP contribution in [0.3, 0.4) is 0 Å². The summed E-state index contributed by atoms with van der Waals surface area (Å²) in [6.07, 6.45) is 7.60. The third-order valence-corrected chi connectivity index (χ3v) is 5.64. The fraction of sp³-hybridized carbons (Fsp3) is 0.611. The molecule has 4 nitrogen and oxygen atoms in total. The van der Waals surface area contributed by atoms with E-state index in [1.54, 1.807) is 18.2 Å². The molecule has 1 saturated carbocycles. The van der Waals surface area contributed by atoms with Gasteiger partial charge >= 0.3 is 6.03 Å². The smallest absolute Gasteiger partial charge is 0.319 e. The maximum absolute atomic E-state index is 12.2. The van der Waals surface area contributed by atoms with Crippen molar-refractivity contribution in [3.8, 4) is 0 Å². The van der Waals surface area contributed by atoms with E-state index < -0.39 is 0 Å². The van der Waals surface area contributed by atoms with Crippen LogP contribution in [0.4, 0.5) is 10.5 Å². The highest BCUT2D eigenvalue weighted by Gasteiger charge is 2.24. The van der Waals surface area contributed by atoms with E-state index in [0.717, 1.165) is 31.8 Å². The average molecular weight is 370 g/mol. The fourth-order valence-electron chi connectivity index (χ4n) is 3.75. The summed E-state index contributed by atoms with van der Waals surface area (Å²) >= 11 is 11.9. The van der Waals surface area contributed by atoms with Crippen molar-refractivity contribution in [3.63, 3.8) is 0 Å². The van der Waals surface area contributed by atoms with Gasteiger partial charge in [-0.1, -0.05) is 36.0 Å². The highest BCUT2D eigenvalue weighted by Crippen LogP contribution is 2.27. The fourth-order valence-corrected chi connectivity index (χ4v) is 4.21. The van der Waals surface area contributed by atoms with Gasteiger partial charge in [-0.25, -0.2) is 4.79 Å². The lowest BCUT2D eigenvalue weighted by Gasteiger charge is -2.33. The molecule has 3 rings (SSSR count). The molecular formula is C18H25Cl2N3O. The van der Waals surface area contributed by atoms with Crippen LogP contribution in [0.2, 0.25) is 10.0 Å². The van der Waals surface area contributed by atoms with E-state index in [1.807, 2.05) is 0 Å². The highest BCUT2D eigenvalue weighted by molar-refractivity contribution is 6.36. The van der Waals surface area contributed by atoms with Crippen LogP contribution in [-0.2, 0) is 0 Å². The van der Waals surface area contributed by atoms with Crippen LogP contribution in [0, 0.1) is 5.92 Å². The summed E-state index contributed by atoms with van der Waals surface area (Å²) in [5.74, 6) is 0.893. The van der Waals surface area contributed by atoms with Crippen molar-refractivity contribution < 1.29 is 4.79 Å². The number of rotatable bonds is 4. The van der Waals surface area contributed by atoms with Crippen LogP contribution in [-0.4, -0.2) is 36.6 Å². The molecule has 0 radical (unpaired) electrons. The molecular weight excluding hydrogens is 345 g/mol. The van der Waals surface area contributed by atoms with Crippen molar-refractivity contribution in [1.82, 2.24) is 10.2 Å². The van der Waals surface area contributed by atoms with Crippen LogP contribution >= 0.6 is 23.2 Å². The summed E-state index contributed by atoms with van der Waals surface area (Å²) in [7, 11) is 0. The second-order valence-electron chi connectivity index (χ2n) is 6.95. The molecule has 1 aromatic carbocycles. The number of nitrogens with one attached hydrogen (secondary N) is 2. The zero-order chi connectivity index (χ0) is 16.9. The van der Waals surface area contributed by atoms with Gasteiger partial charge in [0, 0.05) is 30.7 Å². The lowest BCUT2D eigenvalue weighted by atomic mass is 10.0. The van der Waals surface area contributed by atoms with Gasteiger partial charge in [-0.3, -0.25) is 0 Å². The molecule has 1 aliphatic carbocycles. The van der Waals surface area contributed by atoms with E-state index in [1.165, 1.54) is 32.2 Å². The molecule has 6 heteroatoms. The van der Waals surface area contributed by atoms with Gasteiger partial charge in [0.15, 0.2) is 0 Å². The molecule has 1 heterocycles. The summed E-state index contributed by atoms with van der Waals surface area (Å²) in [5.41, 5.74) is 0.581. The standard InChI is InChI=1S/C18H25Cl2N3O/c19-14-5-6-17(16(20)11-14)22-18(24)21-15-7-9-23(10-8-15)12-13-3-1-2-4-13/h5-6,11,13,15H,1-4,7-10,12H2,(H2,21,22,24). The molecule has 1 saturated heterocycles. The predicted molar refractivity (Wildman–Crippen MR) is 100 cm³/mol. The monoisotopic (exact) mass is 369 g/mol. The van der Waals surface area contributed by atoms with Crippen molar-refractivity contribution >= 4 is 34.9 Å². The predicted octanol–water partition coefficient (Wildman–Crippen LogP) is 4.77. The van der Waals surface area contributed by atoms with E-state index in [0.29, 0.717) is 15.7 Å². The maximum atomic E-state index is 12.2. The van der Waals surface area contributed by atoms with Crippen LogP contribution in [0.1, 0.15) is 38.5 Å². The molecule has 0 bridgehead atoms. The quantitative estimate of drug-likeness (QED) is 0.802. The Balaban J connectivity index is 1.41. The van der Waals surface area contributed by atoms with E-state index in [-0.39, 0.29) is 12.1 Å². The Hall–Kier alpha value is -0.970. The SMILES string of the molecule is O=C(Nc1ccc(Cl)cc1Cl)NC1CCN(CC2CCCC2)CC1. The lowest BCUT2D eigenvalue weighted by Crippen LogP contribution is -2.46. The minimum atomic E-state index is -0.200. The van der Waals surface area contributed by atoms with Gasteiger partial charge in [0.1, 0.15) is 0 Å². The van der Waals surface area contributed by atoms with E-state index in [2.05, 4.69) is 15.5 Å². The number of urea groups is 1. The zero-order valence-corrected chi connectivity index (χ0v) is 15.4. The first kappa shape index (κ1) is 17.8. The van der Waals surface area contributed by atoms with Crippen molar-refractivity contribution in [3.05, 3.63) is 28.2 Å². The summed E-state index contributed by atoms with van der Waals surface area (Å²) in [4.78, 5) is 14.7. The van der Waals surface area contributed by atoms with E-state index in [4.69, 9.17) is 23.2 Å². The number of nitrogens with zero attached hydrogens (tertiary/aromatic N) is 1. The van der Waals surface area contributed by atoms with E-state index in [9.17, 15) is 4.79 Å². The number of halogens is 2. The second kappa shape index (κ2) is 8.41. The van der Waals surface area contributed by atoms with Crippen LogP contribution in [0.25, 0.3) is 0 Å². The first-order chi connectivity index (χ1) is 11.6. The largest absolute Gasteiger partial charge is 0.335 e. The molecule has 1 aromatic rings. The summed E-state index contributed by atoms with van der Waals surface area (Å²) in [6.45, 7) is 3.38. The van der Waals surface area contributed by atoms with Gasteiger partial charge < -0.3 is 15.5 Å². The molecule has 2 N–H and O–H groups in total. The Morgan fingerprint density at radius 2 is 1.83 bits per heavy atom. The summed E-state index contributed by atoms with van der Waals surface area (Å²) in [6, 6.07) is 5.09. The third-order valence-electron chi connectivity index (χ3n) is 5.09. The minimum absolute atomic E-state index is 0.200. The number of carbonyl (C=O) groups excluding carboxylic acids is 1. The normalized spacial score (nSPS) is 20.2. The first-order valence-corrected chi connectivity index (χ1v) is 9.60. The van der Waals surface area contributed by atoms with Crippen molar-refractivity contribution in [2.24, 2.45) is 5.92 Å². The van der Waals surface area contributed by atoms with Crippen molar-refractivity contribution in [1.29, 1.82) is 0 Å². The number of hydrogen-bond donors (Lipinski definition) is 2. The Labute approximate surface area is 153 Å². The second-order valence-corrected chi connectivity index (χ2v) is 7.79. The number of carbonyl (C=O) groups is 1. The molecule has 2 amide bonds.